The molecule has 1 unspecified atom stereocenters. The molecule has 0 bridgehead atoms. The van der Waals surface area contributed by atoms with Gasteiger partial charge >= 0.3 is 5.97 Å². The second-order valence-electron chi connectivity index (χ2n) is 3.76. The number of carbonyl (C=O) groups excluding carboxylic acids is 1. The van der Waals surface area contributed by atoms with Crippen LogP contribution in [0.3, 0.4) is 0 Å². The van der Waals surface area contributed by atoms with E-state index in [-0.39, 0.29) is 0 Å². The molecule has 1 aromatic rings. The zero-order valence-electron chi connectivity index (χ0n) is 9.31. The highest BCUT2D eigenvalue weighted by atomic mass is 35.5. The number of aliphatic carboxylic acids is 1. The molecule has 0 saturated heterocycles. The lowest BCUT2D eigenvalue weighted by Gasteiger charge is -2.07. The molecule has 0 radical (unpaired) electrons. The minimum atomic E-state index is -0.830. The molecule has 17 heavy (non-hydrogen) atoms. The highest BCUT2D eigenvalue weighted by Crippen LogP contribution is 2.24. The van der Waals surface area contributed by atoms with Crippen molar-refractivity contribution in [2.24, 2.45) is 10.9 Å². The number of carboxylic acids is 1. The van der Waals surface area contributed by atoms with Crippen molar-refractivity contribution in [1.29, 1.82) is 0 Å². The van der Waals surface area contributed by atoms with Crippen LogP contribution in [0.2, 0.25) is 5.02 Å². The Balaban J connectivity index is 2.79. The number of rotatable bonds is 5. The molecule has 1 N–H and O–H groups in total. The Morgan fingerprint density at radius 3 is 2.88 bits per heavy atom. The first-order valence-electron chi connectivity index (χ1n) is 5.13. The van der Waals surface area contributed by atoms with Gasteiger partial charge in [-0.3, -0.25) is 4.79 Å². The Kier molecular flexibility index (Phi) is 4.88. The molecule has 0 spiro atoms. The number of aryl methyl sites for hydroxylation is 1. The van der Waals surface area contributed by atoms with Crippen molar-refractivity contribution in [3.63, 3.8) is 0 Å². The Morgan fingerprint density at radius 1 is 1.59 bits per heavy atom. The van der Waals surface area contributed by atoms with Crippen LogP contribution in [-0.4, -0.2) is 17.2 Å². The normalized spacial score (nSPS) is 11.6. The van der Waals surface area contributed by atoms with Gasteiger partial charge in [-0.2, -0.15) is 4.99 Å². The average molecular weight is 254 g/mol. The molecule has 0 fully saturated rings. The molecule has 0 heterocycles. The summed E-state index contributed by atoms with van der Waals surface area (Å²) in [4.78, 5) is 24.3. The first kappa shape index (κ1) is 13.4. The van der Waals surface area contributed by atoms with E-state index in [4.69, 9.17) is 16.7 Å². The fourth-order valence-corrected chi connectivity index (χ4v) is 1.58. The summed E-state index contributed by atoms with van der Waals surface area (Å²) in [6, 6.07) is 4.91. The lowest BCUT2D eigenvalue weighted by molar-refractivity contribution is -0.141. The zero-order valence-corrected chi connectivity index (χ0v) is 10.1. The predicted octanol–water partition coefficient (Wildman–Crippen LogP) is 2.96. The quantitative estimate of drug-likeness (QED) is 0.648. The maximum absolute atomic E-state index is 10.7. The van der Waals surface area contributed by atoms with Crippen molar-refractivity contribution in [1.82, 2.24) is 0 Å². The SMILES string of the molecule is CC(CCc1cc(N=C=O)ccc1Cl)C(=O)O. The number of aliphatic imine (C=N–C) groups is 1. The number of hydrogen-bond acceptors (Lipinski definition) is 3. The summed E-state index contributed by atoms with van der Waals surface area (Å²) in [5, 5.41) is 9.31. The number of halogens is 1. The van der Waals surface area contributed by atoms with E-state index in [1.54, 1.807) is 25.1 Å². The molecule has 5 heteroatoms. The molecule has 1 aromatic carbocycles. The third kappa shape index (κ3) is 4.02. The Morgan fingerprint density at radius 2 is 2.29 bits per heavy atom. The van der Waals surface area contributed by atoms with E-state index in [0.29, 0.717) is 23.6 Å². The molecule has 0 saturated carbocycles. The summed E-state index contributed by atoms with van der Waals surface area (Å²) < 4.78 is 0. The summed E-state index contributed by atoms with van der Waals surface area (Å²) in [6.45, 7) is 1.64. The van der Waals surface area contributed by atoms with Crippen LogP contribution in [0.15, 0.2) is 23.2 Å². The Bertz CT molecular complexity index is 467. The molecule has 1 rings (SSSR count). The standard InChI is InChI=1S/C12H12ClNO3/c1-8(12(16)17)2-3-9-6-10(14-7-15)4-5-11(9)13/h4-6,8H,2-3H2,1H3,(H,16,17). The van der Waals surface area contributed by atoms with Gasteiger partial charge in [-0.25, -0.2) is 4.79 Å². The lowest BCUT2D eigenvalue weighted by Crippen LogP contribution is -2.10. The van der Waals surface area contributed by atoms with Gasteiger partial charge in [-0.05, 0) is 36.6 Å². The van der Waals surface area contributed by atoms with Crippen LogP contribution >= 0.6 is 11.6 Å². The third-order valence-electron chi connectivity index (χ3n) is 2.47. The molecule has 0 aromatic heterocycles. The Labute approximate surface area is 104 Å². The van der Waals surface area contributed by atoms with Crippen molar-refractivity contribution in [2.45, 2.75) is 19.8 Å². The van der Waals surface area contributed by atoms with Gasteiger partial charge < -0.3 is 5.11 Å². The fraction of sp³-hybridized carbons (Fsp3) is 0.333. The van der Waals surface area contributed by atoms with E-state index in [0.717, 1.165) is 5.56 Å². The average Bonchev–Trinajstić information content (AvgIpc) is 2.29. The molecule has 0 aliphatic heterocycles. The van der Waals surface area contributed by atoms with Crippen LogP contribution in [0, 0.1) is 5.92 Å². The summed E-state index contributed by atoms with van der Waals surface area (Å²) in [5.74, 6) is -1.26. The molecule has 4 nitrogen and oxygen atoms in total. The van der Waals surface area contributed by atoms with E-state index in [1.165, 1.54) is 6.08 Å². The molecule has 0 aliphatic carbocycles. The minimum Gasteiger partial charge on any atom is -0.481 e. The first-order valence-corrected chi connectivity index (χ1v) is 5.51. The summed E-state index contributed by atoms with van der Waals surface area (Å²) in [7, 11) is 0. The topological polar surface area (TPSA) is 66.7 Å². The van der Waals surface area contributed by atoms with E-state index in [1.807, 2.05) is 0 Å². The number of hydrogen-bond donors (Lipinski definition) is 1. The maximum Gasteiger partial charge on any atom is 0.306 e. The summed E-state index contributed by atoms with van der Waals surface area (Å²) in [5.41, 5.74) is 1.26. The van der Waals surface area contributed by atoms with Gasteiger partial charge in [-0.1, -0.05) is 18.5 Å². The number of nitrogens with zero attached hydrogens (tertiary/aromatic N) is 1. The number of isocyanates is 1. The van der Waals surface area contributed by atoms with Crippen LogP contribution in [0.4, 0.5) is 5.69 Å². The van der Waals surface area contributed by atoms with E-state index in [9.17, 15) is 9.59 Å². The molecular formula is C12H12ClNO3. The van der Waals surface area contributed by atoms with Gasteiger partial charge in [0.05, 0.1) is 11.6 Å². The van der Waals surface area contributed by atoms with Crippen LogP contribution in [-0.2, 0) is 16.0 Å². The van der Waals surface area contributed by atoms with Gasteiger partial charge in [0.25, 0.3) is 0 Å². The van der Waals surface area contributed by atoms with Crippen LogP contribution in [0.1, 0.15) is 18.9 Å². The van der Waals surface area contributed by atoms with Crippen LogP contribution in [0.5, 0.6) is 0 Å². The number of benzene rings is 1. The fourth-order valence-electron chi connectivity index (χ4n) is 1.37. The maximum atomic E-state index is 10.7. The van der Waals surface area contributed by atoms with Gasteiger partial charge in [0.1, 0.15) is 0 Å². The second-order valence-corrected chi connectivity index (χ2v) is 4.16. The summed E-state index contributed by atoms with van der Waals surface area (Å²) >= 11 is 5.97. The van der Waals surface area contributed by atoms with Crippen molar-refractivity contribution in [3.05, 3.63) is 28.8 Å². The molecule has 1 atom stereocenters. The lowest BCUT2D eigenvalue weighted by atomic mass is 10.0. The minimum absolute atomic E-state index is 0.427. The number of carbonyl (C=O) groups is 1. The second kappa shape index (κ2) is 6.18. The monoisotopic (exact) mass is 253 g/mol. The largest absolute Gasteiger partial charge is 0.481 e. The zero-order chi connectivity index (χ0) is 12.8. The molecular weight excluding hydrogens is 242 g/mol. The van der Waals surface area contributed by atoms with Crippen molar-refractivity contribution >= 4 is 29.3 Å². The van der Waals surface area contributed by atoms with Gasteiger partial charge in [0.15, 0.2) is 0 Å². The van der Waals surface area contributed by atoms with Crippen molar-refractivity contribution in [3.8, 4) is 0 Å². The third-order valence-corrected chi connectivity index (χ3v) is 2.84. The van der Waals surface area contributed by atoms with Crippen molar-refractivity contribution in [2.75, 3.05) is 0 Å². The highest BCUT2D eigenvalue weighted by Gasteiger charge is 2.12. The first-order chi connectivity index (χ1) is 8.04. The smallest absolute Gasteiger partial charge is 0.306 e. The van der Waals surface area contributed by atoms with Gasteiger partial charge in [-0.15, -0.1) is 0 Å². The van der Waals surface area contributed by atoms with Crippen LogP contribution in [0.25, 0.3) is 0 Å². The Hall–Kier alpha value is -1.64. The van der Waals surface area contributed by atoms with Crippen molar-refractivity contribution < 1.29 is 14.7 Å². The van der Waals surface area contributed by atoms with Gasteiger partial charge in [0.2, 0.25) is 6.08 Å². The van der Waals surface area contributed by atoms with E-state index < -0.39 is 11.9 Å². The predicted molar refractivity (Wildman–Crippen MR) is 64.4 cm³/mol. The van der Waals surface area contributed by atoms with Gasteiger partial charge in [0, 0.05) is 5.02 Å². The van der Waals surface area contributed by atoms with E-state index in [2.05, 4.69) is 4.99 Å². The summed E-state index contributed by atoms with van der Waals surface area (Å²) in [6.07, 6.45) is 2.48. The number of carboxylic acid groups (broad SMARTS) is 1. The molecule has 0 amide bonds. The molecule has 0 aliphatic rings. The van der Waals surface area contributed by atoms with Crippen LogP contribution < -0.4 is 0 Å². The van der Waals surface area contributed by atoms with E-state index >= 15 is 0 Å². The molecule has 90 valence electrons. The highest BCUT2D eigenvalue weighted by molar-refractivity contribution is 6.31.